The first kappa shape index (κ1) is 11.4. The quantitative estimate of drug-likeness (QED) is 0.760. The van der Waals surface area contributed by atoms with Gasteiger partial charge in [-0.2, -0.15) is 0 Å². The van der Waals surface area contributed by atoms with Crippen LogP contribution in [0.2, 0.25) is 0 Å². The van der Waals surface area contributed by atoms with Gasteiger partial charge in [0.05, 0.1) is 7.11 Å². The minimum absolute atomic E-state index is 0.352. The molecule has 0 aromatic carbocycles. The van der Waals surface area contributed by atoms with Crippen LogP contribution in [0.15, 0.2) is 5.38 Å². The predicted octanol–water partition coefficient (Wildman–Crippen LogP) is 2.31. The topological polar surface area (TPSA) is 42.4 Å². The summed E-state index contributed by atoms with van der Waals surface area (Å²) in [5.41, 5.74) is 0.421. The highest BCUT2D eigenvalue weighted by atomic mass is 32.1. The summed E-state index contributed by atoms with van der Waals surface area (Å²) in [5, 5.41) is 2.72. The Balaban J connectivity index is 2.15. The molecule has 1 aromatic rings. The van der Waals surface area contributed by atoms with E-state index >= 15 is 0 Å². The van der Waals surface area contributed by atoms with Gasteiger partial charge in [-0.05, 0) is 19.3 Å². The molecule has 0 bridgehead atoms. The van der Waals surface area contributed by atoms with Gasteiger partial charge in [-0.3, -0.25) is 0 Å². The number of rotatable bonds is 3. The van der Waals surface area contributed by atoms with E-state index in [2.05, 4.69) is 21.5 Å². The highest BCUT2D eigenvalue weighted by Crippen LogP contribution is 2.29. The summed E-state index contributed by atoms with van der Waals surface area (Å²) in [5.74, 6) is -0.352. The monoisotopic (exact) mass is 240 g/mol. The lowest BCUT2D eigenvalue weighted by atomic mass is 10.2. The molecular weight excluding hydrogens is 224 g/mol. The molecule has 1 atom stereocenters. The second-order valence-electron chi connectivity index (χ2n) is 3.90. The number of hydrogen-bond donors (Lipinski definition) is 0. The molecule has 0 spiro atoms. The van der Waals surface area contributed by atoms with Crippen molar-refractivity contribution in [3.63, 3.8) is 0 Å². The van der Waals surface area contributed by atoms with E-state index in [9.17, 15) is 4.79 Å². The zero-order chi connectivity index (χ0) is 11.5. The van der Waals surface area contributed by atoms with Gasteiger partial charge in [-0.25, -0.2) is 9.78 Å². The van der Waals surface area contributed by atoms with Crippen LogP contribution in [0.25, 0.3) is 0 Å². The molecule has 16 heavy (non-hydrogen) atoms. The van der Waals surface area contributed by atoms with Crippen molar-refractivity contribution in [1.82, 2.24) is 4.98 Å². The third-order valence-corrected chi connectivity index (χ3v) is 3.86. The summed E-state index contributed by atoms with van der Waals surface area (Å²) in [6, 6.07) is 0.580. The average Bonchev–Trinajstić information content (AvgIpc) is 2.95. The fraction of sp³-hybridized carbons (Fsp3) is 0.636. The Morgan fingerprint density at radius 3 is 3.25 bits per heavy atom. The van der Waals surface area contributed by atoms with Crippen molar-refractivity contribution in [2.75, 3.05) is 18.6 Å². The van der Waals surface area contributed by atoms with E-state index in [1.165, 1.54) is 31.3 Å². The Kier molecular flexibility index (Phi) is 3.43. The molecule has 0 saturated carbocycles. The maximum atomic E-state index is 11.3. The first-order valence-corrected chi connectivity index (χ1v) is 6.44. The second kappa shape index (κ2) is 4.82. The van der Waals surface area contributed by atoms with E-state index in [0.29, 0.717) is 11.7 Å². The van der Waals surface area contributed by atoms with Gasteiger partial charge >= 0.3 is 5.97 Å². The Morgan fingerprint density at radius 2 is 2.56 bits per heavy atom. The number of anilines is 1. The van der Waals surface area contributed by atoms with Crippen molar-refractivity contribution in [1.29, 1.82) is 0 Å². The number of ether oxygens (including phenoxy) is 1. The van der Waals surface area contributed by atoms with Crippen LogP contribution in [0.4, 0.5) is 5.13 Å². The Hall–Kier alpha value is -1.10. The molecule has 1 fully saturated rings. The maximum absolute atomic E-state index is 11.3. The molecule has 0 aliphatic carbocycles. The normalized spacial score (nSPS) is 20.1. The fourth-order valence-electron chi connectivity index (χ4n) is 2.11. The molecule has 5 heteroatoms. The van der Waals surface area contributed by atoms with Crippen molar-refractivity contribution in [3.05, 3.63) is 11.1 Å². The van der Waals surface area contributed by atoms with Gasteiger partial charge in [0.2, 0.25) is 0 Å². The number of carbonyl (C=O) groups is 1. The SMILES string of the molecule is CCC1CCCN1c1nc(C(=O)OC)cs1. The van der Waals surface area contributed by atoms with Crippen LogP contribution in [0.1, 0.15) is 36.7 Å². The highest BCUT2D eigenvalue weighted by Gasteiger charge is 2.26. The molecule has 0 amide bonds. The number of carbonyl (C=O) groups excluding carboxylic acids is 1. The molecular formula is C11H16N2O2S. The van der Waals surface area contributed by atoms with Gasteiger partial charge < -0.3 is 9.64 Å². The largest absolute Gasteiger partial charge is 0.464 e. The first-order valence-electron chi connectivity index (χ1n) is 5.56. The minimum atomic E-state index is -0.352. The van der Waals surface area contributed by atoms with Gasteiger partial charge in [-0.15, -0.1) is 11.3 Å². The van der Waals surface area contributed by atoms with E-state index in [0.717, 1.165) is 18.1 Å². The molecule has 88 valence electrons. The number of nitrogens with zero attached hydrogens (tertiary/aromatic N) is 2. The smallest absolute Gasteiger partial charge is 0.357 e. The molecule has 1 aliphatic rings. The van der Waals surface area contributed by atoms with Crippen LogP contribution in [-0.4, -0.2) is 30.6 Å². The van der Waals surface area contributed by atoms with Gasteiger partial charge in [-0.1, -0.05) is 6.92 Å². The molecule has 0 N–H and O–H groups in total. The third-order valence-electron chi connectivity index (χ3n) is 2.98. The second-order valence-corrected chi connectivity index (χ2v) is 4.74. The summed E-state index contributed by atoms with van der Waals surface area (Å²) in [6.45, 7) is 3.24. The first-order chi connectivity index (χ1) is 7.76. The van der Waals surface area contributed by atoms with Crippen LogP contribution in [0, 0.1) is 0 Å². The average molecular weight is 240 g/mol. The standard InChI is InChI=1S/C11H16N2O2S/c1-3-8-5-4-6-13(8)11-12-9(7-16-11)10(14)15-2/h7-8H,3-6H2,1-2H3. The number of aromatic nitrogens is 1. The van der Waals surface area contributed by atoms with Gasteiger partial charge in [0.1, 0.15) is 0 Å². The zero-order valence-electron chi connectivity index (χ0n) is 9.60. The summed E-state index contributed by atoms with van der Waals surface area (Å²) >= 11 is 1.52. The summed E-state index contributed by atoms with van der Waals surface area (Å²) in [7, 11) is 1.38. The lowest BCUT2D eigenvalue weighted by Crippen LogP contribution is -2.28. The number of hydrogen-bond acceptors (Lipinski definition) is 5. The molecule has 2 heterocycles. The van der Waals surface area contributed by atoms with Gasteiger partial charge in [0, 0.05) is 18.0 Å². The number of methoxy groups -OCH3 is 1. The van der Waals surface area contributed by atoms with Crippen molar-refractivity contribution in [2.45, 2.75) is 32.2 Å². The van der Waals surface area contributed by atoms with E-state index < -0.39 is 0 Å². The van der Waals surface area contributed by atoms with Crippen LogP contribution >= 0.6 is 11.3 Å². The van der Waals surface area contributed by atoms with E-state index in [-0.39, 0.29) is 5.97 Å². The van der Waals surface area contributed by atoms with Crippen LogP contribution < -0.4 is 4.90 Å². The van der Waals surface area contributed by atoms with Crippen molar-refractivity contribution >= 4 is 22.4 Å². The van der Waals surface area contributed by atoms with Gasteiger partial charge in [0.15, 0.2) is 10.8 Å². The van der Waals surface area contributed by atoms with E-state index in [4.69, 9.17) is 0 Å². The molecule has 1 saturated heterocycles. The predicted molar refractivity (Wildman–Crippen MR) is 64.1 cm³/mol. The molecule has 1 aliphatic heterocycles. The maximum Gasteiger partial charge on any atom is 0.357 e. The van der Waals surface area contributed by atoms with Gasteiger partial charge in [0.25, 0.3) is 0 Å². The molecule has 1 unspecified atom stereocenters. The van der Waals surface area contributed by atoms with Crippen LogP contribution in [-0.2, 0) is 4.74 Å². The minimum Gasteiger partial charge on any atom is -0.464 e. The van der Waals surface area contributed by atoms with Crippen LogP contribution in [0.5, 0.6) is 0 Å². The van der Waals surface area contributed by atoms with Crippen molar-refractivity contribution in [3.8, 4) is 0 Å². The Labute approximate surface area is 99.2 Å². The van der Waals surface area contributed by atoms with Crippen LogP contribution in [0.3, 0.4) is 0 Å². The summed E-state index contributed by atoms with van der Waals surface area (Å²) in [6.07, 6.45) is 3.57. The Morgan fingerprint density at radius 1 is 1.75 bits per heavy atom. The highest BCUT2D eigenvalue weighted by molar-refractivity contribution is 7.13. The van der Waals surface area contributed by atoms with E-state index in [1.807, 2.05) is 0 Å². The number of esters is 1. The van der Waals surface area contributed by atoms with Crippen molar-refractivity contribution in [2.24, 2.45) is 0 Å². The molecule has 4 nitrogen and oxygen atoms in total. The van der Waals surface area contributed by atoms with E-state index in [1.54, 1.807) is 5.38 Å². The van der Waals surface area contributed by atoms with Crippen molar-refractivity contribution < 1.29 is 9.53 Å². The zero-order valence-corrected chi connectivity index (χ0v) is 10.4. The number of thiazole rings is 1. The fourth-order valence-corrected chi connectivity index (χ4v) is 3.00. The molecule has 0 radical (unpaired) electrons. The summed E-state index contributed by atoms with van der Waals surface area (Å²) in [4.78, 5) is 17.9. The lowest BCUT2D eigenvalue weighted by Gasteiger charge is -2.22. The summed E-state index contributed by atoms with van der Waals surface area (Å²) < 4.78 is 4.65. The molecule has 2 rings (SSSR count). The third kappa shape index (κ3) is 2.04. The molecule has 1 aromatic heterocycles. The lowest BCUT2D eigenvalue weighted by molar-refractivity contribution is 0.0595. The Bertz CT molecular complexity index is 378.